The fourth-order valence-electron chi connectivity index (χ4n) is 3.01. The lowest BCUT2D eigenvalue weighted by Crippen LogP contribution is -2.42. The fourth-order valence-corrected chi connectivity index (χ4v) is 3.47. The van der Waals surface area contributed by atoms with Gasteiger partial charge in [-0.15, -0.1) is 0 Å². The lowest BCUT2D eigenvalue weighted by Gasteiger charge is -2.28. The van der Waals surface area contributed by atoms with Gasteiger partial charge in [0.2, 0.25) is 0 Å². The molecule has 1 aliphatic heterocycles. The first kappa shape index (κ1) is 24.6. The second kappa shape index (κ2) is 11.2. The predicted octanol–water partition coefficient (Wildman–Crippen LogP) is 2.95. The van der Waals surface area contributed by atoms with Gasteiger partial charge in [0.1, 0.15) is 12.4 Å². The zero-order chi connectivity index (χ0) is 23.3. The van der Waals surface area contributed by atoms with Crippen LogP contribution in [0.4, 0.5) is 28.9 Å². The number of benzene rings is 2. The Morgan fingerprint density at radius 1 is 1.16 bits per heavy atom. The standard InChI is InChI=1S/C20H20F4IN3O4/c21-14-7-11(25)1-2-16(14)26-19-13(8-15(22)17(23)18(19)24)20(30)27-32-10-12(29)9-28-3-5-31-6-4-28/h1-2,7-8,12,26,29H,3-6,9-10H2,(H,27,30). The molecule has 0 bridgehead atoms. The minimum Gasteiger partial charge on any atom is -0.389 e. The largest absolute Gasteiger partial charge is 0.389 e. The first-order valence-corrected chi connectivity index (χ1v) is 10.6. The van der Waals surface area contributed by atoms with Crippen LogP contribution in [0.1, 0.15) is 10.4 Å². The lowest BCUT2D eigenvalue weighted by atomic mass is 10.1. The monoisotopic (exact) mass is 569 g/mol. The van der Waals surface area contributed by atoms with Crippen LogP contribution in [0.3, 0.4) is 0 Å². The third-order valence-corrected chi connectivity index (χ3v) is 5.28. The average Bonchev–Trinajstić information content (AvgIpc) is 2.76. The Bertz CT molecular complexity index is 976. The van der Waals surface area contributed by atoms with Crippen molar-refractivity contribution in [3.63, 3.8) is 0 Å². The highest BCUT2D eigenvalue weighted by Gasteiger charge is 2.24. The smallest absolute Gasteiger partial charge is 0.277 e. The van der Waals surface area contributed by atoms with Crippen LogP contribution in [0.25, 0.3) is 0 Å². The third-order valence-electron chi connectivity index (χ3n) is 4.61. The number of aliphatic hydroxyl groups is 1. The summed E-state index contributed by atoms with van der Waals surface area (Å²) < 4.78 is 61.9. The normalized spacial score (nSPS) is 15.4. The summed E-state index contributed by atoms with van der Waals surface area (Å²) in [6.07, 6.45) is -0.950. The molecule has 12 heteroatoms. The number of amides is 1. The number of halogens is 5. The van der Waals surface area contributed by atoms with E-state index >= 15 is 0 Å². The van der Waals surface area contributed by atoms with Gasteiger partial charge in [0.25, 0.3) is 5.91 Å². The van der Waals surface area contributed by atoms with Crippen molar-refractivity contribution < 1.29 is 37.0 Å². The summed E-state index contributed by atoms with van der Waals surface area (Å²) in [5.74, 6) is -7.02. The van der Waals surface area contributed by atoms with E-state index in [0.29, 0.717) is 35.9 Å². The zero-order valence-electron chi connectivity index (χ0n) is 16.6. The van der Waals surface area contributed by atoms with E-state index in [2.05, 4.69) is 5.32 Å². The van der Waals surface area contributed by atoms with Crippen LogP contribution in [0.5, 0.6) is 0 Å². The van der Waals surface area contributed by atoms with Gasteiger partial charge in [-0.2, -0.15) is 0 Å². The first-order valence-electron chi connectivity index (χ1n) is 9.56. The topological polar surface area (TPSA) is 83.1 Å². The predicted molar refractivity (Wildman–Crippen MR) is 115 cm³/mol. The van der Waals surface area contributed by atoms with Gasteiger partial charge in [-0.1, -0.05) is 0 Å². The molecular formula is C20H20F4IN3O4. The second-order valence-electron chi connectivity index (χ2n) is 6.97. The van der Waals surface area contributed by atoms with E-state index in [1.165, 1.54) is 12.1 Å². The van der Waals surface area contributed by atoms with Crippen LogP contribution in [0, 0.1) is 26.8 Å². The Balaban J connectivity index is 1.69. The molecule has 0 aromatic heterocycles. The minimum absolute atomic E-state index is 0.244. The van der Waals surface area contributed by atoms with Gasteiger partial charge in [-0.05, 0) is 46.9 Å². The Kier molecular flexibility index (Phi) is 8.64. The van der Waals surface area contributed by atoms with Crippen molar-refractivity contribution in [3.8, 4) is 0 Å². The fraction of sp³-hybridized carbons (Fsp3) is 0.350. The molecule has 1 saturated heterocycles. The number of hydrogen-bond acceptors (Lipinski definition) is 6. The quantitative estimate of drug-likeness (QED) is 0.197. The van der Waals surface area contributed by atoms with Crippen LogP contribution in [0.15, 0.2) is 24.3 Å². The second-order valence-corrected chi connectivity index (χ2v) is 8.21. The maximum absolute atomic E-state index is 14.4. The molecule has 1 unspecified atom stereocenters. The Morgan fingerprint density at radius 2 is 1.88 bits per heavy atom. The average molecular weight is 569 g/mol. The highest BCUT2D eigenvalue weighted by molar-refractivity contribution is 14.1. The molecule has 1 heterocycles. The van der Waals surface area contributed by atoms with Crippen LogP contribution < -0.4 is 10.8 Å². The molecule has 3 rings (SSSR count). The Labute approximate surface area is 194 Å². The number of aliphatic hydroxyl groups excluding tert-OH is 1. The molecule has 0 saturated carbocycles. The Morgan fingerprint density at radius 3 is 2.56 bits per heavy atom. The number of nitrogens with one attached hydrogen (secondary N) is 2. The van der Waals surface area contributed by atoms with E-state index < -0.39 is 46.5 Å². The van der Waals surface area contributed by atoms with Gasteiger partial charge in [-0.3, -0.25) is 14.5 Å². The number of carbonyl (C=O) groups is 1. The van der Waals surface area contributed by atoms with E-state index in [4.69, 9.17) is 9.57 Å². The van der Waals surface area contributed by atoms with Crippen molar-refractivity contribution >= 4 is 39.9 Å². The molecule has 3 N–H and O–H groups in total. The van der Waals surface area contributed by atoms with Gasteiger partial charge < -0.3 is 15.2 Å². The maximum Gasteiger partial charge on any atom is 0.277 e. The molecule has 1 atom stereocenters. The van der Waals surface area contributed by atoms with Gasteiger partial charge >= 0.3 is 0 Å². The number of carbonyl (C=O) groups excluding carboxylic acids is 1. The highest BCUT2D eigenvalue weighted by Crippen LogP contribution is 2.30. The number of hydrogen-bond donors (Lipinski definition) is 3. The van der Waals surface area contributed by atoms with Crippen molar-refractivity contribution in [1.82, 2.24) is 10.4 Å². The minimum atomic E-state index is -1.82. The molecule has 7 nitrogen and oxygen atoms in total. The summed E-state index contributed by atoms with van der Waals surface area (Å²) in [7, 11) is 0. The third kappa shape index (κ3) is 6.28. The van der Waals surface area contributed by atoms with Crippen molar-refractivity contribution in [3.05, 3.63) is 56.7 Å². The van der Waals surface area contributed by atoms with E-state index in [9.17, 15) is 27.5 Å². The summed E-state index contributed by atoms with van der Waals surface area (Å²) >= 11 is 1.86. The van der Waals surface area contributed by atoms with Crippen LogP contribution in [0.2, 0.25) is 0 Å². The van der Waals surface area contributed by atoms with E-state index in [-0.39, 0.29) is 18.8 Å². The molecule has 1 aliphatic rings. The highest BCUT2D eigenvalue weighted by atomic mass is 127. The number of β-amino-alcohol motifs (C(OH)–C–C–N with tert-alkyl or cyclic N) is 1. The van der Waals surface area contributed by atoms with Gasteiger partial charge in [0.05, 0.1) is 36.3 Å². The van der Waals surface area contributed by atoms with E-state index in [0.717, 1.165) is 6.07 Å². The molecule has 0 radical (unpaired) electrons. The summed E-state index contributed by atoms with van der Waals surface area (Å²) in [5.41, 5.74) is 0.298. The van der Waals surface area contributed by atoms with E-state index in [1.54, 1.807) is 0 Å². The van der Waals surface area contributed by atoms with Gasteiger partial charge in [0.15, 0.2) is 17.5 Å². The lowest BCUT2D eigenvalue weighted by molar-refractivity contribution is -0.0363. The van der Waals surface area contributed by atoms with Crippen LogP contribution in [-0.2, 0) is 9.57 Å². The first-order chi connectivity index (χ1) is 15.3. The number of hydroxylamine groups is 1. The molecular weight excluding hydrogens is 549 g/mol. The van der Waals surface area contributed by atoms with Crippen molar-refractivity contribution in [2.75, 3.05) is 44.8 Å². The van der Waals surface area contributed by atoms with Gasteiger partial charge in [-0.25, -0.2) is 23.0 Å². The summed E-state index contributed by atoms with van der Waals surface area (Å²) in [6, 6.07) is 4.37. The molecule has 32 heavy (non-hydrogen) atoms. The van der Waals surface area contributed by atoms with Crippen molar-refractivity contribution in [2.24, 2.45) is 0 Å². The molecule has 1 fully saturated rings. The molecule has 2 aromatic carbocycles. The number of morpholine rings is 1. The molecule has 0 spiro atoms. The Hall–Kier alpha value is -2.00. The number of nitrogens with zero attached hydrogens (tertiary/aromatic N) is 1. The summed E-state index contributed by atoms with van der Waals surface area (Å²) in [5, 5.41) is 12.3. The van der Waals surface area contributed by atoms with Crippen LogP contribution >= 0.6 is 22.6 Å². The number of anilines is 2. The van der Waals surface area contributed by atoms with E-state index in [1.807, 2.05) is 33.0 Å². The van der Waals surface area contributed by atoms with Crippen molar-refractivity contribution in [1.29, 1.82) is 0 Å². The molecule has 0 aliphatic carbocycles. The molecule has 2 aromatic rings. The molecule has 174 valence electrons. The number of rotatable bonds is 8. The summed E-state index contributed by atoms with van der Waals surface area (Å²) in [4.78, 5) is 19.4. The zero-order valence-corrected chi connectivity index (χ0v) is 18.8. The summed E-state index contributed by atoms with van der Waals surface area (Å²) in [6.45, 7) is 2.34. The molecule has 1 amide bonds. The van der Waals surface area contributed by atoms with Crippen molar-refractivity contribution in [2.45, 2.75) is 6.10 Å². The SMILES string of the molecule is O=C(NOCC(O)CN1CCOCC1)c1cc(F)c(F)c(F)c1Nc1ccc(I)cc1F. The van der Waals surface area contributed by atoms with Crippen LogP contribution in [-0.4, -0.2) is 61.5 Å². The van der Waals surface area contributed by atoms with Gasteiger partial charge in [0, 0.05) is 23.2 Å². The maximum atomic E-state index is 14.4. The number of ether oxygens (including phenoxy) is 1.